The molecule has 0 aliphatic heterocycles. The van der Waals surface area contributed by atoms with Crippen molar-refractivity contribution in [2.24, 2.45) is 0 Å². The van der Waals surface area contributed by atoms with Crippen molar-refractivity contribution in [1.82, 2.24) is 0 Å². The highest BCUT2D eigenvalue weighted by Crippen LogP contribution is 2.58. The smallest absolute Gasteiger partial charge is 0.136 e. The summed E-state index contributed by atoms with van der Waals surface area (Å²) in [5.41, 5.74) is 14.9. The van der Waals surface area contributed by atoms with Gasteiger partial charge in [0, 0.05) is 33.4 Å². The predicted molar refractivity (Wildman–Crippen MR) is 201 cm³/mol. The van der Waals surface area contributed by atoms with Gasteiger partial charge >= 0.3 is 0 Å². The van der Waals surface area contributed by atoms with Crippen LogP contribution in [0, 0.1) is 34.0 Å². The molecule has 238 valence electrons. The molecule has 0 atom stereocenters. The lowest BCUT2D eigenvalue weighted by molar-refractivity contribution is 0.668. The molecular weight excluding hydrogens is 639 g/mol. The fourth-order valence-corrected chi connectivity index (χ4v) is 8.88. The van der Waals surface area contributed by atoms with Gasteiger partial charge in [-0.15, -0.1) is 0 Å². The number of nitrogens with zero attached hydrogens (tertiary/aromatic N) is 3. The maximum Gasteiger partial charge on any atom is 0.136 e. The molecule has 0 saturated carbocycles. The van der Waals surface area contributed by atoms with E-state index in [0.717, 1.165) is 99.5 Å². The lowest BCUT2D eigenvalue weighted by atomic mass is 9.59. The van der Waals surface area contributed by atoms with Gasteiger partial charge in [-0.25, -0.2) is 0 Å². The summed E-state index contributed by atoms with van der Waals surface area (Å²) in [5.74, 6) is -0.406. The van der Waals surface area contributed by atoms with Gasteiger partial charge in [0.25, 0.3) is 0 Å². The first-order valence-corrected chi connectivity index (χ1v) is 17.1. The summed E-state index contributed by atoms with van der Waals surface area (Å²) in [6, 6.07) is 50.0. The number of furan rings is 2. The number of fused-ring (bicyclic) bond motifs is 6. The summed E-state index contributed by atoms with van der Waals surface area (Å²) in [4.78, 5) is 0. The molecule has 0 radical (unpaired) electrons. The first kappa shape index (κ1) is 28.4. The molecule has 2 bridgehead atoms. The van der Waals surface area contributed by atoms with E-state index in [1.54, 1.807) is 0 Å². The lowest BCUT2D eigenvalue weighted by Crippen LogP contribution is -2.28. The molecule has 0 N–H and O–H groups in total. The second kappa shape index (κ2) is 10.3. The molecule has 3 aliphatic carbocycles. The van der Waals surface area contributed by atoms with Crippen molar-refractivity contribution in [2.45, 2.75) is 11.8 Å². The number of hydrogen-bond acceptors (Lipinski definition) is 5. The Labute approximate surface area is 297 Å². The largest absolute Gasteiger partial charge is 0.456 e. The predicted octanol–water partition coefficient (Wildman–Crippen LogP) is 11.4. The highest BCUT2D eigenvalue weighted by molar-refractivity contribution is 6.07. The fourth-order valence-electron chi connectivity index (χ4n) is 8.88. The molecule has 12 rings (SSSR count). The fraction of sp³-hybridized carbons (Fsp3) is 0.0426. The molecule has 3 aliphatic rings. The monoisotopic (exact) mass is 661 g/mol. The van der Waals surface area contributed by atoms with E-state index in [1.807, 2.05) is 72.8 Å². The van der Waals surface area contributed by atoms with Gasteiger partial charge in [-0.3, -0.25) is 0 Å². The molecule has 0 saturated heterocycles. The van der Waals surface area contributed by atoms with Gasteiger partial charge in [-0.05, 0) is 128 Å². The zero-order valence-electron chi connectivity index (χ0n) is 27.4. The van der Waals surface area contributed by atoms with Crippen LogP contribution in [-0.2, 0) is 0 Å². The van der Waals surface area contributed by atoms with Gasteiger partial charge in [0.15, 0.2) is 0 Å². The SMILES string of the molecule is N#Cc1ccc2c(c1)C1c3cc(C#N)c(-c4ccc5c(c4)oc4ccccc45)cc3C2c2cc(-c3ccc4c(c3)oc3ccccc34)c(C#N)cc21. The van der Waals surface area contributed by atoms with E-state index >= 15 is 0 Å². The van der Waals surface area contributed by atoms with Crippen molar-refractivity contribution in [3.05, 3.63) is 177 Å². The van der Waals surface area contributed by atoms with Gasteiger partial charge < -0.3 is 8.83 Å². The molecule has 5 heteroatoms. The number of benzene rings is 7. The van der Waals surface area contributed by atoms with Crippen LogP contribution in [0.1, 0.15) is 61.9 Å². The standard InChI is InChI=1S/C47H23N3O2/c48-22-25-9-12-34-37(15-25)47-38-16-28(23-49)35(26-10-13-32-30-5-1-3-7-42(30)51-44(32)18-26)20-40(38)46(34)41-21-36(29(24-50)17-39(41)47)27-11-14-33-31-6-2-4-8-43(31)52-45(33)19-27/h1-21,46-47H. The summed E-state index contributed by atoms with van der Waals surface area (Å²) < 4.78 is 12.5. The van der Waals surface area contributed by atoms with E-state index in [4.69, 9.17) is 8.83 Å². The Morgan fingerprint density at radius 1 is 0.385 bits per heavy atom. The van der Waals surface area contributed by atoms with Crippen LogP contribution >= 0.6 is 0 Å². The molecule has 52 heavy (non-hydrogen) atoms. The van der Waals surface area contributed by atoms with Gasteiger partial charge in [0.05, 0.1) is 34.9 Å². The quantitative estimate of drug-likeness (QED) is 0.184. The normalized spacial score (nSPS) is 15.2. The minimum atomic E-state index is -0.240. The Morgan fingerprint density at radius 2 is 0.846 bits per heavy atom. The third-order valence-electron chi connectivity index (χ3n) is 11.1. The molecule has 0 unspecified atom stereocenters. The molecule has 0 fully saturated rings. The average Bonchev–Trinajstić information content (AvgIpc) is 3.76. The Bertz CT molecular complexity index is 3010. The van der Waals surface area contributed by atoms with Crippen molar-refractivity contribution >= 4 is 43.9 Å². The van der Waals surface area contributed by atoms with E-state index in [0.29, 0.717) is 16.7 Å². The van der Waals surface area contributed by atoms with E-state index in [1.165, 1.54) is 0 Å². The van der Waals surface area contributed by atoms with E-state index in [9.17, 15) is 15.8 Å². The second-order valence-corrected chi connectivity index (χ2v) is 13.7. The summed E-state index contributed by atoms with van der Waals surface area (Å²) >= 11 is 0. The van der Waals surface area contributed by atoms with Crippen molar-refractivity contribution in [3.63, 3.8) is 0 Å². The highest BCUT2D eigenvalue weighted by Gasteiger charge is 2.43. The van der Waals surface area contributed by atoms with Crippen LogP contribution in [0.2, 0.25) is 0 Å². The average molecular weight is 662 g/mol. The number of rotatable bonds is 2. The Morgan fingerprint density at radius 3 is 1.37 bits per heavy atom. The third kappa shape index (κ3) is 3.79. The maximum atomic E-state index is 10.6. The second-order valence-electron chi connectivity index (χ2n) is 13.7. The minimum Gasteiger partial charge on any atom is -0.456 e. The van der Waals surface area contributed by atoms with Crippen LogP contribution in [0.4, 0.5) is 0 Å². The molecule has 0 amide bonds. The summed E-state index contributed by atoms with van der Waals surface area (Å²) in [6.45, 7) is 0. The van der Waals surface area contributed by atoms with Crippen LogP contribution in [-0.4, -0.2) is 0 Å². The maximum absolute atomic E-state index is 10.6. The van der Waals surface area contributed by atoms with Crippen LogP contribution in [0.25, 0.3) is 66.1 Å². The van der Waals surface area contributed by atoms with Gasteiger partial charge in [0.1, 0.15) is 22.3 Å². The van der Waals surface area contributed by atoms with Crippen molar-refractivity contribution in [1.29, 1.82) is 15.8 Å². The number of nitriles is 3. The Kier molecular flexibility index (Phi) is 5.64. The minimum absolute atomic E-state index is 0.166. The topological polar surface area (TPSA) is 97.7 Å². The van der Waals surface area contributed by atoms with Crippen molar-refractivity contribution in [3.8, 4) is 40.5 Å². The molecule has 9 aromatic rings. The first-order chi connectivity index (χ1) is 25.6. The number of para-hydroxylation sites is 2. The van der Waals surface area contributed by atoms with Crippen molar-refractivity contribution < 1.29 is 8.83 Å². The molecule has 2 heterocycles. The summed E-state index contributed by atoms with van der Waals surface area (Å²) in [6.07, 6.45) is 0. The van der Waals surface area contributed by atoms with Crippen molar-refractivity contribution in [2.75, 3.05) is 0 Å². The Hall–Kier alpha value is -7.39. The number of hydrogen-bond donors (Lipinski definition) is 0. The van der Waals surface area contributed by atoms with E-state index in [-0.39, 0.29) is 11.8 Å². The summed E-state index contributed by atoms with van der Waals surface area (Å²) in [7, 11) is 0. The Balaban J connectivity index is 1.13. The molecule has 5 nitrogen and oxygen atoms in total. The lowest BCUT2D eigenvalue weighted by Gasteiger charge is -2.43. The zero-order valence-corrected chi connectivity index (χ0v) is 27.4. The molecule has 7 aromatic carbocycles. The highest BCUT2D eigenvalue weighted by atomic mass is 16.3. The third-order valence-corrected chi connectivity index (χ3v) is 11.1. The van der Waals surface area contributed by atoms with E-state index in [2.05, 4.69) is 72.8 Å². The first-order valence-electron chi connectivity index (χ1n) is 17.1. The summed E-state index contributed by atoms with van der Waals surface area (Å²) in [5, 5.41) is 35.2. The van der Waals surface area contributed by atoms with Gasteiger partial charge in [-0.2, -0.15) is 15.8 Å². The van der Waals surface area contributed by atoms with Gasteiger partial charge in [-0.1, -0.05) is 54.6 Å². The van der Waals surface area contributed by atoms with Crippen LogP contribution in [0.3, 0.4) is 0 Å². The van der Waals surface area contributed by atoms with Crippen LogP contribution < -0.4 is 0 Å². The molecule has 2 aromatic heterocycles. The molecule has 0 spiro atoms. The van der Waals surface area contributed by atoms with Gasteiger partial charge in [0.2, 0.25) is 0 Å². The van der Waals surface area contributed by atoms with E-state index < -0.39 is 0 Å². The van der Waals surface area contributed by atoms with Crippen LogP contribution in [0.5, 0.6) is 0 Å². The molecular formula is C47H23N3O2. The zero-order chi connectivity index (χ0) is 34.7. The van der Waals surface area contributed by atoms with Crippen LogP contribution in [0.15, 0.2) is 136 Å².